The molecule has 1 aliphatic heterocycles. The van der Waals surface area contributed by atoms with Crippen LogP contribution in [-0.2, 0) is 23.7 Å². The largest absolute Gasteiger partial charge is 0.491 e. The van der Waals surface area contributed by atoms with Crippen LogP contribution in [0.15, 0.2) is 41.4 Å². The Kier molecular flexibility index (Phi) is 3.48. The minimum absolute atomic E-state index is 0.137. The third kappa shape index (κ3) is 2.55. The molecule has 3 rings (SSSR count). The summed E-state index contributed by atoms with van der Waals surface area (Å²) in [6.45, 7) is 0.0691. The molecule has 0 bridgehead atoms. The number of aromatic nitrogens is 1. The standard InChI is InChI=1S/C14H16N2O4S/c1-16-7-11(6-10(16)8-17)21(18,19)15-13-9-20-14-5-3-2-4-12(13)14/h2-7,13,15,17H,8-9H2,1H3. The maximum atomic E-state index is 12.4. The minimum atomic E-state index is -3.66. The molecule has 1 unspecified atom stereocenters. The number of para-hydroxylation sites is 1. The topological polar surface area (TPSA) is 80.6 Å². The van der Waals surface area contributed by atoms with Crippen LogP contribution in [0.25, 0.3) is 0 Å². The Morgan fingerprint density at radius 1 is 1.43 bits per heavy atom. The van der Waals surface area contributed by atoms with Gasteiger partial charge in [0.15, 0.2) is 0 Å². The summed E-state index contributed by atoms with van der Waals surface area (Å²) < 4.78 is 34.5. The van der Waals surface area contributed by atoms with Gasteiger partial charge < -0.3 is 14.4 Å². The molecule has 2 N–H and O–H groups in total. The number of aliphatic hydroxyl groups excluding tert-OH is 1. The summed E-state index contributed by atoms with van der Waals surface area (Å²) in [5, 5.41) is 9.16. The normalized spacial score (nSPS) is 17.5. The quantitative estimate of drug-likeness (QED) is 0.880. The third-order valence-electron chi connectivity index (χ3n) is 3.55. The van der Waals surface area contributed by atoms with Gasteiger partial charge in [-0.3, -0.25) is 0 Å². The molecule has 1 aromatic carbocycles. The number of ether oxygens (including phenoxy) is 1. The first-order valence-corrected chi connectivity index (χ1v) is 8.00. The highest BCUT2D eigenvalue weighted by Crippen LogP contribution is 2.32. The zero-order valence-electron chi connectivity index (χ0n) is 11.5. The van der Waals surface area contributed by atoms with Gasteiger partial charge in [0.05, 0.1) is 17.5 Å². The van der Waals surface area contributed by atoms with Crippen molar-refractivity contribution in [2.24, 2.45) is 7.05 Å². The van der Waals surface area contributed by atoms with Gasteiger partial charge in [0.2, 0.25) is 10.0 Å². The second kappa shape index (κ2) is 5.18. The number of aryl methyl sites for hydroxylation is 1. The second-order valence-corrected chi connectivity index (χ2v) is 6.67. The Hall–Kier alpha value is -1.83. The van der Waals surface area contributed by atoms with E-state index in [-0.39, 0.29) is 18.1 Å². The smallest absolute Gasteiger partial charge is 0.242 e. The molecule has 0 saturated carbocycles. The molecule has 112 valence electrons. The lowest BCUT2D eigenvalue weighted by Gasteiger charge is -2.11. The Morgan fingerprint density at radius 2 is 2.19 bits per heavy atom. The highest BCUT2D eigenvalue weighted by molar-refractivity contribution is 7.89. The SMILES string of the molecule is Cn1cc(S(=O)(=O)NC2COc3ccccc32)cc1CO. The number of nitrogens with one attached hydrogen (secondary N) is 1. The fraction of sp³-hybridized carbons (Fsp3) is 0.286. The molecule has 0 amide bonds. The van der Waals surface area contributed by atoms with Crippen LogP contribution in [0.2, 0.25) is 0 Å². The van der Waals surface area contributed by atoms with E-state index < -0.39 is 16.1 Å². The van der Waals surface area contributed by atoms with Gasteiger partial charge in [-0.05, 0) is 12.1 Å². The fourth-order valence-electron chi connectivity index (χ4n) is 2.40. The molecule has 0 radical (unpaired) electrons. The number of nitrogens with zero attached hydrogens (tertiary/aromatic N) is 1. The Balaban J connectivity index is 1.87. The highest BCUT2D eigenvalue weighted by atomic mass is 32.2. The van der Waals surface area contributed by atoms with E-state index in [0.717, 1.165) is 5.56 Å². The number of rotatable bonds is 4. The summed E-state index contributed by atoms with van der Waals surface area (Å²) in [6.07, 6.45) is 1.48. The Labute approximate surface area is 123 Å². The minimum Gasteiger partial charge on any atom is -0.491 e. The number of aliphatic hydroxyl groups is 1. The predicted molar refractivity (Wildman–Crippen MR) is 76.3 cm³/mol. The molecule has 1 aliphatic rings. The summed E-state index contributed by atoms with van der Waals surface area (Å²) in [7, 11) is -1.97. The third-order valence-corrected chi connectivity index (χ3v) is 4.99. The monoisotopic (exact) mass is 308 g/mol. The number of hydrogen-bond acceptors (Lipinski definition) is 4. The molecule has 21 heavy (non-hydrogen) atoms. The van der Waals surface area contributed by atoms with Crippen molar-refractivity contribution in [3.05, 3.63) is 47.8 Å². The van der Waals surface area contributed by atoms with Crippen molar-refractivity contribution in [3.8, 4) is 5.75 Å². The van der Waals surface area contributed by atoms with Gasteiger partial charge in [-0.1, -0.05) is 18.2 Å². The van der Waals surface area contributed by atoms with Crippen LogP contribution in [0.3, 0.4) is 0 Å². The van der Waals surface area contributed by atoms with E-state index in [2.05, 4.69) is 4.72 Å². The van der Waals surface area contributed by atoms with E-state index in [4.69, 9.17) is 9.84 Å². The second-order valence-electron chi connectivity index (χ2n) is 4.96. The van der Waals surface area contributed by atoms with E-state index in [9.17, 15) is 8.42 Å². The predicted octanol–water partition coefficient (Wildman–Crippen LogP) is 0.929. The summed E-state index contributed by atoms with van der Waals surface area (Å²) in [4.78, 5) is 0.137. The molecule has 0 fully saturated rings. The molecule has 2 aromatic rings. The average Bonchev–Trinajstić information content (AvgIpc) is 3.03. The van der Waals surface area contributed by atoms with Crippen molar-refractivity contribution in [1.29, 1.82) is 0 Å². The fourth-order valence-corrected chi connectivity index (χ4v) is 3.69. The van der Waals surface area contributed by atoms with Gasteiger partial charge in [-0.2, -0.15) is 0 Å². The Bertz CT molecular complexity index is 767. The van der Waals surface area contributed by atoms with Crippen LogP contribution in [0.1, 0.15) is 17.3 Å². The van der Waals surface area contributed by atoms with Crippen LogP contribution < -0.4 is 9.46 Å². The molecule has 1 aromatic heterocycles. The van der Waals surface area contributed by atoms with Gasteiger partial charge >= 0.3 is 0 Å². The van der Waals surface area contributed by atoms with Gasteiger partial charge in [0.25, 0.3) is 0 Å². The van der Waals surface area contributed by atoms with E-state index in [1.807, 2.05) is 24.3 Å². The van der Waals surface area contributed by atoms with Gasteiger partial charge in [-0.25, -0.2) is 13.1 Å². The molecule has 7 heteroatoms. The van der Waals surface area contributed by atoms with Gasteiger partial charge in [-0.15, -0.1) is 0 Å². The van der Waals surface area contributed by atoms with E-state index >= 15 is 0 Å². The van der Waals surface area contributed by atoms with Crippen molar-refractivity contribution in [1.82, 2.24) is 9.29 Å². The average molecular weight is 308 g/mol. The van der Waals surface area contributed by atoms with Gasteiger partial charge in [0.1, 0.15) is 12.4 Å². The Morgan fingerprint density at radius 3 is 2.90 bits per heavy atom. The van der Waals surface area contributed by atoms with Crippen molar-refractivity contribution in [2.45, 2.75) is 17.5 Å². The van der Waals surface area contributed by atoms with Gasteiger partial charge in [0, 0.05) is 24.5 Å². The lowest BCUT2D eigenvalue weighted by molar-refractivity contribution is 0.272. The van der Waals surface area contributed by atoms with Crippen molar-refractivity contribution >= 4 is 10.0 Å². The lowest BCUT2D eigenvalue weighted by atomic mass is 10.1. The molecule has 0 aliphatic carbocycles. The van der Waals surface area contributed by atoms with Crippen LogP contribution in [0, 0.1) is 0 Å². The molecule has 2 heterocycles. The zero-order valence-corrected chi connectivity index (χ0v) is 12.3. The first kappa shape index (κ1) is 14.1. The van der Waals surface area contributed by atoms with Crippen molar-refractivity contribution in [3.63, 3.8) is 0 Å². The van der Waals surface area contributed by atoms with Crippen molar-refractivity contribution in [2.75, 3.05) is 6.61 Å². The number of benzene rings is 1. The van der Waals surface area contributed by atoms with Crippen LogP contribution in [0.5, 0.6) is 5.75 Å². The van der Waals surface area contributed by atoms with E-state index in [1.54, 1.807) is 11.6 Å². The van der Waals surface area contributed by atoms with Crippen molar-refractivity contribution < 1.29 is 18.3 Å². The number of sulfonamides is 1. The zero-order chi connectivity index (χ0) is 15.0. The number of fused-ring (bicyclic) bond motifs is 1. The first-order valence-electron chi connectivity index (χ1n) is 6.51. The van der Waals surface area contributed by atoms with E-state index in [0.29, 0.717) is 11.4 Å². The highest BCUT2D eigenvalue weighted by Gasteiger charge is 2.29. The lowest BCUT2D eigenvalue weighted by Crippen LogP contribution is -2.29. The summed E-state index contributed by atoms with van der Waals surface area (Å²) in [5.41, 5.74) is 1.37. The summed E-state index contributed by atoms with van der Waals surface area (Å²) in [6, 6.07) is 8.42. The summed E-state index contributed by atoms with van der Waals surface area (Å²) >= 11 is 0. The van der Waals surface area contributed by atoms with Crippen LogP contribution in [-0.4, -0.2) is 24.7 Å². The molecule has 1 atom stereocenters. The summed E-state index contributed by atoms with van der Waals surface area (Å²) in [5.74, 6) is 0.703. The number of hydrogen-bond donors (Lipinski definition) is 2. The first-order chi connectivity index (χ1) is 10.0. The molecule has 0 spiro atoms. The van der Waals surface area contributed by atoms with Crippen LogP contribution in [0.4, 0.5) is 0 Å². The maximum Gasteiger partial charge on any atom is 0.242 e. The molecular weight excluding hydrogens is 292 g/mol. The molecular formula is C14H16N2O4S. The molecule has 0 saturated heterocycles. The molecule has 6 nitrogen and oxygen atoms in total. The van der Waals surface area contributed by atoms with E-state index in [1.165, 1.54) is 12.3 Å². The maximum absolute atomic E-state index is 12.4. The van der Waals surface area contributed by atoms with Crippen LogP contribution >= 0.6 is 0 Å².